The number of pyridine rings is 1. The van der Waals surface area contributed by atoms with E-state index in [1.807, 2.05) is 0 Å². The van der Waals surface area contributed by atoms with E-state index in [4.69, 9.17) is 4.11 Å². The molecule has 3 N–H and O–H groups in total. The van der Waals surface area contributed by atoms with Gasteiger partial charge in [0.15, 0.2) is 21.3 Å². The van der Waals surface area contributed by atoms with E-state index in [0.29, 0.717) is 5.56 Å². The van der Waals surface area contributed by atoms with Crippen molar-refractivity contribution in [2.45, 2.75) is 24.7 Å². The second kappa shape index (κ2) is 7.50. The average molecular weight is 407 g/mol. The van der Waals surface area contributed by atoms with Gasteiger partial charge in [0.05, 0.1) is 5.69 Å². The lowest BCUT2D eigenvalue weighted by molar-refractivity contribution is -0.117. The molecule has 0 bridgehead atoms. The molecule has 1 saturated carbocycles. The van der Waals surface area contributed by atoms with Gasteiger partial charge < -0.3 is 16.0 Å². The van der Waals surface area contributed by atoms with Crippen molar-refractivity contribution in [2.75, 3.05) is 23.9 Å². The number of hydrogen-bond acceptors (Lipinski definition) is 8. The van der Waals surface area contributed by atoms with Crippen molar-refractivity contribution < 1.29 is 22.1 Å². The van der Waals surface area contributed by atoms with Crippen LogP contribution in [0.3, 0.4) is 0 Å². The van der Waals surface area contributed by atoms with Crippen LogP contribution in [0, 0.1) is 12.8 Å². The van der Waals surface area contributed by atoms with Gasteiger partial charge in [0, 0.05) is 35.5 Å². The molecule has 1 aliphatic rings. The number of nitrogens with one attached hydrogen (secondary N) is 3. The summed E-state index contributed by atoms with van der Waals surface area (Å²) >= 11 is 0. The maximum atomic E-state index is 12.4. The molecule has 2 amide bonds. The highest BCUT2D eigenvalue weighted by atomic mass is 32.2. The highest BCUT2D eigenvalue weighted by Crippen LogP contribution is 2.31. The predicted molar refractivity (Wildman–Crippen MR) is 102 cm³/mol. The third kappa shape index (κ3) is 4.42. The van der Waals surface area contributed by atoms with Crippen LogP contribution in [0.1, 0.15) is 33.0 Å². The van der Waals surface area contributed by atoms with Gasteiger partial charge in [-0.2, -0.15) is 0 Å². The van der Waals surface area contributed by atoms with Crippen LogP contribution >= 0.6 is 0 Å². The van der Waals surface area contributed by atoms with E-state index in [1.165, 1.54) is 18.3 Å². The van der Waals surface area contributed by atoms with Gasteiger partial charge in [-0.3, -0.25) is 9.59 Å². The molecule has 0 spiro atoms. The Bertz CT molecular complexity index is 1150. The number of anilines is 3. The fraction of sp³-hybridized carbons (Fsp3) is 0.353. The summed E-state index contributed by atoms with van der Waals surface area (Å²) in [6.45, 7) is -1.12. The Labute approximate surface area is 166 Å². The summed E-state index contributed by atoms with van der Waals surface area (Å²) in [7, 11) is -3.69. The minimum Gasteiger partial charge on any atom is -0.354 e. The number of sulfone groups is 1. The molecule has 2 aromatic rings. The molecule has 0 unspecified atom stereocenters. The van der Waals surface area contributed by atoms with E-state index < -0.39 is 28.4 Å². The Morgan fingerprint density at radius 2 is 2.00 bits per heavy atom. The highest BCUT2D eigenvalue weighted by Gasteiger charge is 2.30. The Hall–Kier alpha value is -3.08. The van der Waals surface area contributed by atoms with Crippen LogP contribution in [-0.4, -0.2) is 48.6 Å². The van der Waals surface area contributed by atoms with E-state index in [1.54, 1.807) is 12.2 Å². The van der Waals surface area contributed by atoms with Gasteiger partial charge in [-0.05, 0) is 31.4 Å². The van der Waals surface area contributed by atoms with Crippen LogP contribution in [0.2, 0.25) is 0 Å². The standard InChI is InChI=1S/C17H20N6O4S/c1-9-6-12(28(3,26)27)15(19-8-9)20-11-7-13(21-16(24)10-4-5-10)22-23-14(11)17(25)18-2/h6-8,10H,4-5H2,1-3H3,(H,18,25)(H2,19,20,21,22,24)/i2D3. The van der Waals surface area contributed by atoms with Crippen molar-refractivity contribution in [3.63, 3.8) is 0 Å². The van der Waals surface area contributed by atoms with Crippen LogP contribution < -0.4 is 16.0 Å². The monoisotopic (exact) mass is 407 g/mol. The molecule has 11 heteroatoms. The zero-order chi connectivity index (χ0) is 23.0. The number of carbonyl (C=O) groups is 2. The number of aryl methyl sites for hydroxylation is 1. The SMILES string of the molecule is [2H]C([2H])([2H])NC(=O)c1nnc(NC(=O)C2CC2)cc1Nc1ncc(C)cc1S(C)(=O)=O. The predicted octanol–water partition coefficient (Wildman–Crippen LogP) is 1.04. The zero-order valence-corrected chi connectivity index (χ0v) is 15.9. The highest BCUT2D eigenvalue weighted by molar-refractivity contribution is 7.90. The molecule has 1 fully saturated rings. The number of rotatable bonds is 6. The van der Waals surface area contributed by atoms with Gasteiger partial charge in [0.1, 0.15) is 10.7 Å². The molecule has 0 aromatic carbocycles. The third-order valence-electron chi connectivity index (χ3n) is 3.96. The van der Waals surface area contributed by atoms with Gasteiger partial charge in [-0.15, -0.1) is 10.2 Å². The van der Waals surface area contributed by atoms with E-state index in [-0.39, 0.29) is 34.0 Å². The molecule has 2 aromatic heterocycles. The zero-order valence-electron chi connectivity index (χ0n) is 18.1. The Balaban J connectivity index is 2.03. The summed E-state index contributed by atoms with van der Waals surface area (Å²) in [5.74, 6) is -1.53. The molecule has 28 heavy (non-hydrogen) atoms. The molecule has 1 aliphatic carbocycles. The summed E-state index contributed by atoms with van der Waals surface area (Å²) < 4.78 is 46.0. The fourth-order valence-electron chi connectivity index (χ4n) is 2.40. The maximum Gasteiger partial charge on any atom is 0.273 e. The molecule has 0 radical (unpaired) electrons. The minimum atomic E-state index is -3.69. The summed E-state index contributed by atoms with van der Waals surface area (Å²) in [4.78, 5) is 28.4. The molecular formula is C17H20N6O4S. The van der Waals surface area contributed by atoms with Gasteiger partial charge in [-0.25, -0.2) is 13.4 Å². The number of nitrogens with zero attached hydrogens (tertiary/aromatic N) is 3. The fourth-order valence-corrected chi connectivity index (χ4v) is 3.25. The normalized spacial score (nSPS) is 15.7. The van der Waals surface area contributed by atoms with Gasteiger partial charge in [-0.1, -0.05) is 0 Å². The van der Waals surface area contributed by atoms with Gasteiger partial charge in [0.2, 0.25) is 5.91 Å². The molecule has 0 atom stereocenters. The van der Waals surface area contributed by atoms with Crippen molar-refractivity contribution in [3.8, 4) is 0 Å². The van der Waals surface area contributed by atoms with E-state index in [2.05, 4.69) is 25.8 Å². The van der Waals surface area contributed by atoms with E-state index in [9.17, 15) is 18.0 Å². The Kier molecular flexibility index (Phi) is 4.27. The van der Waals surface area contributed by atoms with Crippen molar-refractivity contribution in [1.29, 1.82) is 0 Å². The summed E-state index contributed by atoms with van der Waals surface area (Å²) in [6.07, 6.45) is 3.94. The van der Waals surface area contributed by atoms with E-state index in [0.717, 1.165) is 19.1 Å². The topological polar surface area (TPSA) is 143 Å². The van der Waals surface area contributed by atoms with Crippen molar-refractivity contribution in [2.24, 2.45) is 5.92 Å². The first kappa shape index (κ1) is 15.9. The second-order valence-corrected chi connectivity index (χ2v) is 8.45. The summed E-state index contributed by atoms with van der Waals surface area (Å²) in [6, 6.07) is 2.66. The molecule has 10 nitrogen and oxygen atoms in total. The van der Waals surface area contributed by atoms with Crippen molar-refractivity contribution in [1.82, 2.24) is 20.5 Å². The Morgan fingerprint density at radius 1 is 1.25 bits per heavy atom. The summed E-state index contributed by atoms with van der Waals surface area (Å²) in [5, 5.41) is 14.6. The first-order chi connectivity index (χ1) is 14.3. The summed E-state index contributed by atoms with van der Waals surface area (Å²) in [5.41, 5.74) is 0.100. The lowest BCUT2D eigenvalue weighted by Gasteiger charge is -2.14. The second-order valence-electron chi connectivity index (χ2n) is 6.47. The maximum absolute atomic E-state index is 12.4. The lowest BCUT2D eigenvalue weighted by Crippen LogP contribution is -2.23. The van der Waals surface area contributed by atoms with Crippen LogP contribution in [-0.2, 0) is 14.6 Å². The molecular weight excluding hydrogens is 384 g/mol. The number of amides is 2. The third-order valence-corrected chi connectivity index (χ3v) is 5.07. The molecule has 148 valence electrons. The number of hydrogen-bond donors (Lipinski definition) is 3. The van der Waals surface area contributed by atoms with Crippen LogP contribution in [0.25, 0.3) is 0 Å². The minimum absolute atomic E-state index is 0.0119. The van der Waals surface area contributed by atoms with Crippen LogP contribution in [0.15, 0.2) is 23.2 Å². The van der Waals surface area contributed by atoms with Crippen molar-refractivity contribution in [3.05, 3.63) is 29.6 Å². The average Bonchev–Trinajstić information content (AvgIpc) is 3.46. The van der Waals surface area contributed by atoms with Crippen LogP contribution in [0.4, 0.5) is 17.3 Å². The van der Waals surface area contributed by atoms with Gasteiger partial charge >= 0.3 is 0 Å². The molecule has 0 aliphatic heterocycles. The smallest absolute Gasteiger partial charge is 0.273 e. The Morgan fingerprint density at radius 3 is 2.64 bits per heavy atom. The molecule has 0 saturated heterocycles. The lowest BCUT2D eigenvalue weighted by atomic mass is 10.2. The largest absolute Gasteiger partial charge is 0.354 e. The van der Waals surface area contributed by atoms with Gasteiger partial charge in [0.25, 0.3) is 5.91 Å². The van der Waals surface area contributed by atoms with E-state index >= 15 is 0 Å². The van der Waals surface area contributed by atoms with Crippen molar-refractivity contribution >= 4 is 39.0 Å². The molecule has 2 heterocycles. The first-order valence-corrected chi connectivity index (χ1v) is 10.2. The van der Waals surface area contributed by atoms with Crippen LogP contribution in [0.5, 0.6) is 0 Å². The number of carbonyl (C=O) groups excluding carboxylic acids is 2. The first-order valence-electron chi connectivity index (χ1n) is 9.78. The quantitative estimate of drug-likeness (QED) is 0.644. The molecule has 3 rings (SSSR count). The number of aromatic nitrogens is 3.